The summed E-state index contributed by atoms with van der Waals surface area (Å²) in [6, 6.07) is 19.3. The Balaban J connectivity index is 1.93. The van der Waals surface area contributed by atoms with Gasteiger partial charge in [0.05, 0.1) is 12.7 Å². The molecule has 0 fully saturated rings. The fourth-order valence-corrected chi connectivity index (χ4v) is 3.29. The normalized spacial score (nSPS) is 11.5. The molecule has 0 aliphatic rings. The number of methoxy groups -OCH3 is 1. The van der Waals surface area contributed by atoms with Crippen molar-refractivity contribution < 1.29 is 27.1 Å². The lowest BCUT2D eigenvalue weighted by Crippen LogP contribution is -2.16. The number of rotatable bonds is 4. The molecule has 0 spiro atoms. The highest BCUT2D eigenvalue weighted by molar-refractivity contribution is 6.01. The minimum absolute atomic E-state index is 0.306. The summed E-state index contributed by atoms with van der Waals surface area (Å²) in [5, 5.41) is 0.660. The molecule has 0 unspecified atom stereocenters. The number of alkyl halides is 3. The van der Waals surface area contributed by atoms with E-state index in [9.17, 15) is 18.0 Å². The van der Waals surface area contributed by atoms with Gasteiger partial charge in [0.1, 0.15) is 17.1 Å². The Morgan fingerprint density at radius 2 is 1.33 bits per heavy atom. The van der Waals surface area contributed by atoms with Crippen LogP contribution in [-0.2, 0) is 0 Å². The van der Waals surface area contributed by atoms with Gasteiger partial charge in [-0.3, -0.25) is 0 Å². The monoisotopic (exact) mass is 412 g/mol. The van der Waals surface area contributed by atoms with Crippen molar-refractivity contribution in [2.45, 2.75) is 6.36 Å². The third-order valence-corrected chi connectivity index (χ3v) is 4.57. The van der Waals surface area contributed by atoms with Crippen molar-refractivity contribution in [2.75, 3.05) is 7.11 Å². The van der Waals surface area contributed by atoms with Crippen LogP contribution in [0.3, 0.4) is 0 Å². The summed E-state index contributed by atoms with van der Waals surface area (Å²) in [4.78, 5) is 12.9. The second-order valence-electron chi connectivity index (χ2n) is 6.44. The number of ether oxygens (including phenoxy) is 2. The Morgan fingerprint density at radius 3 is 1.93 bits per heavy atom. The summed E-state index contributed by atoms with van der Waals surface area (Å²) < 4.78 is 52.1. The molecule has 0 atom stereocenters. The molecule has 0 aliphatic heterocycles. The maximum Gasteiger partial charge on any atom is 0.573 e. The molecule has 7 heteroatoms. The van der Waals surface area contributed by atoms with Crippen LogP contribution in [0, 0.1) is 0 Å². The smallest absolute Gasteiger partial charge is 0.497 e. The van der Waals surface area contributed by atoms with Crippen LogP contribution in [0.25, 0.3) is 33.2 Å². The number of halogens is 3. The fourth-order valence-electron chi connectivity index (χ4n) is 3.29. The van der Waals surface area contributed by atoms with Crippen molar-refractivity contribution in [3.8, 4) is 33.8 Å². The molecule has 0 saturated carbocycles. The summed E-state index contributed by atoms with van der Waals surface area (Å²) in [6.45, 7) is 0. The Hall–Kier alpha value is -3.74. The first-order valence-electron chi connectivity index (χ1n) is 8.92. The van der Waals surface area contributed by atoms with Crippen molar-refractivity contribution in [2.24, 2.45) is 0 Å². The molecule has 0 aliphatic carbocycles. The van der Waals surface area contributed by atoms with Crippen molar-refractivity contribution in [1.82, 2.24) is 0 Å². The van der Waals surface area contributed by atoms with Crippen LogP contribution in [-0.4, -0.2) is 13.5 Å². The summed E-state index contributed by atoms with van der Waals surface area (Å²) in [6.07, 6.45) is -4.78. The second-order valence-corrected chi connectivity index (χ2v) is 6.44. The van der Waals surface area contributed by atoms with Crippen molar-refractivity contribution in [3.63, 3.8) is 0 Å². The number of benzene rings is 3. The predicted octanol–water partition coefficient (Wildman–Crippen LogP) is 6.03. The van der Waals surface area contributed by atoms with Gasteiger partial charge in [0, 0.05) is 10.9 Å². The van der Waals surface area contributed by atoms with Crippen LogP contribution in [0.15, 0.2) is 82.0 Å². The maximum absolute atomic E-state index is 12.9. The highest BCUT2D eigenvalue weighted by atomic mass is 19.4. The topological polar surface area (TPSA) is 48.7 Å². The molecule has 0 N–H and O–H groups in total. The molecular weight excluding hydrogens is 397 g/mol. The van der Waals surface area contributed by atoms with Gasteiger partial charge in [-0.15, -0.1) is 13.2 Å². The van der Waals surface area contributed by atoms with E-state index in [2.05, 4.69) is 4.74 Å². The molecule has 0 radical (unpaired) electrons. The first-order chi connectivity index (χ1) is 14.4. The molecule has 0 amide bonds. The van der Waals surface area contributed by atoms with Crippen molar-refractivity contribution in [1.29, 1.82) is 0 Å². The molecule has 3 aromatic carbocycles. The minimum atomic E-state index is -4.78. The second kappa shape index (κ2) is 7.59. The van der Waals surface area contributed by atoms with Crippen LogP contribution < -0.4 is 15.1 Å². The number of hydrogen-bond acceptors (Lipinski definition) is 4. The van der Waals surface area contributed by atoms with Gasteiger partial charge < -0.3 is 13.9 Å². The number of para-hydroxylation sites is 1. The Kier molecular flexibility index (Phi) is 4.95. The van der Waals surface area contributed by atoms with Crippen LogP contribution in [0.2, 0.25) is 0 Å². The molecule has 1 heterocycles. The van der Waals surface area contributed by atoms with E-state index in [1.54, 1.807) is 48.5 Å². The third-order valence-electron chi connectivity index (χ3n) is 4.57. The number of hydrogen-bond donors (Lipinski definition) is 0. The molecule has 152 valence electrons. The standard InChI is InChI=1S/C23H15F3O4/c1-28-16-10-6-15(7-11-16)21-20(18-4-2-3-5-19(18)29-22(21)27)14-8-12-17(13-9-14)30-23(24,25)26/h2-13H,1H3. The summed E-state index contributed by atoms with van der Waals surface area (Å²) >= 11 is 0. The quantitative estimate of drug-likeness (QED) is 0.384. The van der Waals surface area contributed by atoms with Crippen LogP contribution in [0.4, 0.5) is 13.2 Å². The van der Waals surface area contributed by atoms with Gasteiger partial charge in [-0.25, -0.2) is 4.79 Å². The molecule has 4 rings (SSSR count). The van der Waals surface area contributed by atoms with Crippen LogP contribution >= 0.6 is 0 Å². The van der Waals surface area contributed by atoms with E-state index in [4.69, 9.17) is 9.15 Å². The molecule has 0 bridgehead atoms. The van der Waals surface area contributed by atoms with Gasteiger partial charge >= 0.3 is 12.0 Å². The average Bonchev–Trinajstić information content (AvgIpc) is 2.72. The zero-order valence-electron chi connectivity index (χ0n) is 15.7. The fraction of sp³-hybridized carbons (Fsp3) is 0.0870. The van der Waals surface area contributed by atoms with Crippen LogP contribution in [0.5, 0.6) is 11.5 Å². The van der Waals surface area contributed by atoms with E-state index in [0.717, 1.165) is 0 Å². The molecule has 4 nitrogen and oxygen atoms in total. The highest BCUT2D eigenvalue weighted by Gasteiger charge is 2.31. The van der Waals surface area contributed by atoms with E-state index < -0.39 is 12.0 Å². The summed E-state index contributed by atoms with van der Waals surface area (Å²) in [5.74, 6) is 0.281. The first-order valence-corrected chi connectivity index (χ1v) is 8.92. The van der Waals surface area contributed by atoms with Gasteiger partial charge in [-0.05, 0) is 41.5 Å². The van der Waals surface area contributed by atoms with Crippen molar-refractivity contribution >= 4 is 11.0 Å². The molecule has 0 saturated heterocycles. The van der Waals surface area contributed by atoms with Gasteiger partial charge in [-0.1, -0.05) is 42.5 Å². The van der Waals surface area contributed by atoms with E-state index in [1.165, 1.54) is 31.4 Å². The lowest BCUT2D eigenvalue weighted by molar-refractivity contribution is -0.274. The molecule has 30 heavy (non-hydrogen) atoms. The van der Waals surface area contributed by atoms with Gasteiger partial charge in [0.25, 0.3) is 0 Å². The van der Waals surface area contributed by atoms with E-state index in [0.29, 0.717) is 39.0 Å². The summed E-state index contributed by atoms with van der Waals surface area (Å²) in [7, 11) is 1.54. The average molecular weight is 412 g/mol. The lowest BCUT2D eigenvalue weighted by Gasteiger charge is -2.14. The number of fused-ring (bicyclic) bond motifs is 1. The van der Waals surface area contributed by atoms with E-state index in [1.807, 2.05) is 0 Å². The first kappa shape index (κ1) is 19.6. The Morgan fingerprint density at radius 1 is 0.767 bits per heavy atom. The van der Waals surface area contributed by atoms with E-state index in [-0.39, 0.29) is 5.75 Å². The third kappa shape index (κ3) is 3.87. The minimum Gasteiger partial charge on any atom is -0.497 e. The van der Waals surface area contributed by atoms with Gasteiger partial charge in [-0.2, -0.15) is 0 Å². The van der Waals surface area contributed by atoms with Crippen LogP contribution in [0.1, 0.15) is 0 Å². The van der Waals surface area contributed by atoms with Crippen molar-refractivity contribution in [3.05, 3.63) is 83.2 Å². The summed E-state index contributed by atoms with van der Waals surface area (Å²) in [5.41, 5.74) is 1.85. The molecule has 1 aromatic heterocycles. The molecular formula is C23H15F3O4. The zero-order valence-corrected chi connectivity index (χ0v) is 15.7. The van der Waals surface area contributed by atoms with Gasteiger partial charge in [0.15, 0.2) is 0 Å². The van der Waals surface area contributed by atoms with E-state index >= 15 is 0 Å². The largest absolute Gasteiger partial charge is 0.573 e. The highest BCUT2D eigenvalue weighted by Crippen LogP contribution is 2.37. The Bertz CT molecular complexity index is 1240. The molecule has 4 aromatic rings. The van der Waals surface area contributed by atoms with Gasteiger partial charge in [0.2, 0.25) is 0 Å². The zero-order chi connectivity index (χ0) is 21.3. The Labute approximate surface area is 169 Å². The maximum atomic E-state index is 12.9. The SMILES string of the molecule is COc1ccc(-c2c(-c3ccc(OC(F)(F)F)cc3)c3ccccc3oc2=O)cc1. The predicted molar refractivity (Wildman–Crippen MR) is 107 cm³/mol. The lowest BCUT2D eigenvalue weighted by atomic mass is 9.93.